The number of hydrogen-bond acceptors (Lipinski definition) is 2. The summed E-state index contributed by atoms with van der Waals surface area (Å²) >= 11 is 6.00. The summed E-state index contributed by atoms with van der Waals surface area (Å²) in [6.45, 7) is 0.975. The zero-order valence-electron chi connectivity index (χ0n) is 13.0. The maximum absolute atomic E-state index is 6.26. The van der Waals surface area contributed by atoms with E-state index in [9.17, 15) is 0 Å². The molecule has 0 amide bonds. The van der Waals surface area contributed by atoms with Crippen molar-refractivity contribution in [2.45, 2.75) is 18.4 Å². The van der Waals surface area contributed by atoms with Crippen molar-refractivity contribution in [2.24, 2.45) is 0 Å². The molecule has 2 aromatic carbocycles. The molecule has 1 atom stereocenters. The maximum Gasteiger partial charge on any atom is 0.125 e. The first-order valence-corrected chi connectivity index (χ1v) is 7.74. The first-order chi connectivity index (χ1) is 10.2. The van der Waals surface area contributed by atoms with Crippen LogP contribution < -0.4 is 4.74 Å². The molecular formula is C18H23Cl2NO. The van der Waals surface area contributed by atoms with E-state index >= 15 is 0 Å². The van der Waals surface area contributed by atoms with E-state index in [0.29, 0.717) is 5.88 Å². The lowest BCUT2D eigenvalue weighted by atomic mass is 10.1. The van der Waals surface area contributed by atoms with E-state index in [4.69, 9.17) is 16.3 Å². The molecule has 22 heavy (non-hydrogen) atoms. The van der Waals surface area contributed by atoms with Crippen LogP contribution in [-0.2, 0) is 5.88 Å². The Labute approximate surface area is 144 Å². The first-order valence-electron chi connectivity index (χ1n) is 7.21. The van der Waals surface area contributed by atoms with E-state index < -0.39 is 0 Å². The fraction of sp³-hybridized carbons (Fsp3) is 0.333. The second kappa shape index (κ2) is 9.73. The SMILES string of the molecule is CN(C)CC[C@@H](Oc1ccccc1CCl)c1ccccc1.Cl. The summed E-state index contributed by atoms with van der Waals surface area (Å²) in [6.07, 6.45) is 0.978. The molecule has 0 bridgehead atoms. The van der Waals surface area contributed by atoms with Crippen LogP contribution in [0.15, 0.2) is 54.6 Å². The van der Waals surface area contributed by atoms with Crippen molar-refractivity contribution < 1.29 is 4.74 Å². The van der Waals surface area contributed by atoms with Gasteiger partial charge in [-0.2, -0.15) is 0 Å². The molecule has 0 radical (unpaired) electrons. The number of para-hydroxylation sites is 1. The summed E-state index contributed by atoms with van der Waals surface area (Å²) < 4.78 is 6.26. The molecule has 0 saturated heterocycles. The number of halogens is 2. The first kappa shape index (κ1) is 18.8. The van der Waals surface area contributed by atoms with E-state index in [0.717, 1.165) is 24.3 Å². The summed E-state index contributed by atoms with van der Waals surface area (Å²) in [7, 11) is 4.16. The van der Waals surface area contributed by atoms with Gasteiger partial charge in [-0.1, -0.05) is 48.5 Å². The Morgan fingerprint density at radius 3 is 2.27 bits per heavy atom. The third kappa shape index (κ3) is 5.53. The minimum Gasteiger partial charge on any atom is -0.485 e. The predicted molar refractivity (Wildman–Crippen MR) is 96.2 cm³/mol. The van der Waals surface area contributed by atoms with Crippen molar-refractivity contribution in [3.05, 3.63) is 65.7 Å². The van der Waals surface area contributed by atoms with Crippen LogP contribution in [-0.4, -0.2) is 25.5 Å². The molecule has 0 aliphatic heterocycles. The smallest absolute Gasteiger partial charge is 0.125 e. The van der Waals surface area contributed by atoms with Crippen LogP contribution in [0.3, 0.4) is 0 Å². The molecule has 2 nitrogen and oxygen atoms in total. The number of benzene rings is 2. The topological polar surface area (TPSA) is 12.5 Å². The average molecular weight is 340 g/mol. The molecule has 0 unspecified atom stereocenters. The standard InChI is InChI=1S/C18H22ClNO.ClH/c1-20(2)13-12-18(15-8-4-3-5-9-15)21-17-11-7-6-10-16(17)14-19;/h3-11,18H,12-14H2,1-2H3;1H/t18-;/m1./s1. The van der Waals surface area contributed by atoms with Gasteiger partial charge >= 0.3 is 0 Å². The lowest BCUT2D eigenvalue weighted by Crippen LogP contribution is -2.19. The number of ether oxygens (including phenoxy) is 1. The van der Waals surface area contributed by atoms with Crippen molar-refractivity contribution in [1.29, 1.82) is 0 Å². The molecule has 2 aromatic rings. The highest BCUT2D eigenvalue weighted by atomic mass is 35.5. The summed E-state index contributed by atoms with van der Waals surface area (Å²) in [4.78, 5) is 2.17. The van der Waals surface area contributed by atoms with Crippen LogP contribution in [0.2, 0.25) is 0 Å². The molecule has 120 valence electrons. The van der Waals surface area contributed by atoms with E-state index in [-0.39, 0.29) is 18.5 Å². The van der Waals surface area contributed by atoms with Crippen LogP contribution in [0.1, 0.15) is 23.7 Å². The van der Waals surface area contributed by atoms with Gasteiger partial charge in [-0.05, 0) is 25.7 Å². The van der Waals surface area contributed by atoms with Gasteiger partial charge in [0.15, 0.2) is 0 Å². The Balaban J connectivity index is 0.00000242. The van der Waals surface area contributed by atoms with Crippen molar-refractivity contribution in [2.75, 3.05) is 20.6 Å². The highest BCUT2D eigenvalue weighted by Crippen LogP contribution is 2.28. The fourth-order valence-electron chi connectivity index (χ4n) is 2.22. The molecule has 0 aliphatic rings. The molecular weight excluding hydrogens is 317 g/mol. The van der Waals surface area contributed by atoms with Crippen LogP contribution in [0, 0.1) is 0 Å². The van der Waals surface area contributed by atoms with Gasteiger partial charge in [-0.15, -0.1) is 24.0 Å². The second-order valence-electron chi connectivity index (χ2n) is 5.35. The van der Waals surface area contributed by atoms with Crippen molar-refractivity contribution in [3.63, 3.8) is 0 Å². The average Bonchev–Trinajstić information content (AvgIpc) is 2.52. The van der Waals surface area contributed by atoms with Crippen molar-refractivity contribution >= 4 is 24.0 Å². The van der Waals surface area contributed by atoms with E-state index in [1.165, 1.54) is 5.56 Å². The van der Waals surface area contributed by atoms with Crippen molar-refractivity contribution in [3.8, 4) is 5.75 Å². The van der Waals surface area contributed by atoms with Gasteiger partial charge in [-0.3, -0.25) is 0 Å². The number of rotatable bonds is 7. The van der Waals surface area contributed by atoms with Crippen LogP contribution in [0.4, 0.5) is 0 Å². The highest BCUT2D eigenvalue weighted by molar-refractivity contribution is 6.17. The normalized spacial score (nSPS) is 11.8. The van der Waals surface area contributed by atoms with Gasteiger partial charge < -0.3 is 9.64 Å². The lowest BCUT2D eigenvalue weighted by Gasteiger charge is -2.22. The molecule has 0 N–H and O–H groups in total. The van der Waals surface area contributed by atoms with Gasteiger partial charge in [0.1, 0.15) is 11.9 Å². The Hall–Kier alpha value is -1.22. The molecule has 0 fully saturated rings. The van der Waals surface area contributed by atoms with Gasteiger partial charge in [0.25, 0.3) is 0 Å². The molecule has 0 saturated carbocycles. The predicted octanol–water partition coefficient (Wildman–Crippen LogP) is 4.92. The Morgan fingerprint density at radius 1 is 1.00 bits per heavy atom. The van der Waals surface area contributed by atoms with Gasteiger partial charge in [-0.25, -0.2) is 0 Å². The molecule has 0 aromatic heterocycles. The molecule has 2 rings (SSSR count). The summed E-state index contributed by atoms with van der Waals surface area (Å²) in [6, 6.07) is 18.3. The largest absolute Gasteiger partial charge is 0.485 e. The molecule has 4 heteroatoms. The van der Waals surface area contributed by atoms with Gasteiger partial charge in [0.2, 0.25) is 0 Å². The Morgan fingerprint density at radius 2 is 1.64 bits per heavy atom. The number of alkyl halides is 1. The second-order valence-corrected chi connectivity index (χ2v) is 5.62. The molecule has 0 heterocycles. The van der Waals surface area contributed by atoms with Crippen LogP contribution in [0.25, 0.3) is 0 Å². The number of hydrogen-bond donors (Lipinski definition) is 0. The zero-order valence-corrected chi connectivity index (χ0v) is 14.6. The third-order valence-corrected chi connectivity index (χ3v) is 3.68. The fourth-order valence-corrected chi connectivity index (χ4v) is 2.44. The summed E-state index contributed by atoms with van der Waals surface area (Å²) in [5.74, 6) is 1.34. The third-order valence-electron chi connectivity index (χ3n) is 3.40. The van der Waals surface area contributed by atoms with Crippen LogP contribution >= 0.6 is 24.0 Å². The minimum absolute atomic E-state index is 0. The molecule has 0 spiro atoms. The van der Waals surface area contributed by atoms with Gasteiger partial charge in [0.05, 0.1) is 5.88 Å². The monoisotopic (exact) mass is 339 g/mol. The Bertz CT molecular complexity index is 546. The van der Waals surface area contributed by atoms with E-state index in [2.05, 4.69) is 43.3 Å². The maximum atomic E-state index is 6.26. The quantitative estimate of drug-likeness (QED) is 0.664. The van der Waals surface area contributed by atoms with Gasteiger partial charge in [0, 0.05) is 18.5 Å². The lowest BCUT2D eigenvalue weighted by molar-refractivity contribution is 0.178. The zero-order chi connectivity index (χ0) is 15.1. The van der Waals surface area contributed by atoms with E-state index in [1.54, 1.807) is 0 Å². The molecule has 0 aliphatic carbocycles. The Kier molecular flexibility index (Phi) is 8.32. The van der Waals surface area contributed by atoms with Crippen LogP contribution in [0.5, 0.6) is 5.75 Å². The minimum atomic E-state index is 0. The number of nitrogens with zero attached hydrogens (tertiary/aromatic N) is 1. The summed E-state index contributed by atoms with van der Waals surface area (Å²) in [5, 5.41) is 0. The summed E-state index contributed by atoms with van der Waals surface area (Å²) in [5.41, 5.74) is 2.23. The van der Waals surface area contributed by atoms with E-state index in [1.807, 2.05) is 30.3 Å². The highest BCUT2D eigenvalue weighted by Gasteiger charge is 2.15. The van der Waals surface area contributed by atoms with Crippen molar-refractivity contribution in [1.82, 2.24) is 4.90 Å².